The van der Waals surface area contributed by atoms with Crippen molar-refractivity contribution in [3.8, 4) is 0 Å². The first-order valence-corrected chi connectivity index (χ1v) is 10.2. The summed E-state index contributed by atoms with van der Waals surface area (Å²) in [5.74, 6) is 1.17. The number of hydrogen-bond acceptors (Lipinski definition) is 2. The van der Waals surface area contributed by atoms with E-state index in [2.05, 4.69) is 5.32 Å². The van der Waals surface area contributed by atoms with E-state index in [0.29, 0.717) is 29.8 Å². The quantitative estimate of drug-likeness (QED) is 0.705. The lowest BCUT2D eigenvalue weighted by Gasteiger charge is -2.23. The number of thiophene rings is 1. The Bertz CT molecular complexity index is 975. The van der Waals surface area contributed by atoms with Crippen molar-refractivity contribution in [3.63, 3.8) is 0 Å². The van der Waals surface area contributed by atoms with E-state index in [4.69, 9.17) is 0 Å². The summed E-state index contributed by atoms with van der Waals surface area (Å²) in [6, 6.07) is 11.0. The number of nitrogens with zero attached hydrogens (tertiary/aromatic N) is 1. The van der Waals surface area contributed by atoms with E-state index in [9.17, 15) is 9.18 Å². The van der Waals surface area contributed by atoms with E-state index in [-0.39, 0.29) is 11.7 Å². The van der Waals surface area contributed by atoms with Crippen LogP contribution in [0.3, 0.4) is 0 Å². The van der Waals surface area contributed by atoms with Gasteiger partial charge in [-0.25, -0.2) is 4.39 Å². The molecule has 0 unspecified atom stereocenters. The molecule has 5 rings (SSSR count). The van der Waals surface area contributed by atoms with Gasteiger partial charge in [0.2, 0.25) is 0 Å². The van der Waals surface area contributed by atoms with E-state index >= 15 is 0 Å². The van der Waals surface area contributed by atoms with Crippen LogP contribution in [0.4, 0.5) is 4.39 Å². The molecule has 2 saturated carbocycles. The summed E-state index contributed by atoms with van der Waals surface area (Å²) in [5.41, 5.74) is 1.24. The summed E-state index contributed by atoms with van der Waals surface area (Å²) < 4.78 is 16.1. The number of halogens is 1. The predicted molar refractivity (Wildman–Crippen MR) is 102 cm³/mol. The summed E-state index contributed by atoms with van der Waals surface area (Å²) in [6.07, 6.45) is 4.92. The van der Waals surface area contributed by atoms with Gasteiger partial charge in [-0.2, -0.15) is 0 Å². The summed E-state index contributed by atoms with van der Waals surface area (Å²) in [4.78, 5) is 14.0. The van der Waals surface area contributed by atoms with E-state index in [1.807, 2.05) is 28.1 Å². The SMILES string of the molecule is O=C(N[C@H]1C[C@@H]2CC[C@@H]1C2)c1cc2ccsc2n1Cc1ccccc1F. The smallest absolute Gasteiger partial charge is 0.268 e. The van der Waals surface area contributed by atoms with E-state index in [1.165, 1.54) is 25.3 Å². The predicted octanol–water partition coefficient (Wildman–Crippen LogP) is 4.81. The molecule has 5 heteroatoms. The zero-order valence-electron chi connectivity index (χ0n) is 14.5. The van der Waals surface area contributed by atoms with Gasteiger partial charge in [-0.05, 0) is 54.7 Å². The average molecular weight is 368 g/mol. The molecule has 0 spiro atoms. The maximum absolute atomic E-state index is 14.2. The fourth-order valence-corrected chi connectivity index (χ4v) is 5.68. The number of amides is 1. The Balaban J connectivity index is 1.46. The van der Waals surface area contributed by atoms with Crippen molar-refractivity contribution in [1.29, 1.82) is 0 Å². The van der Waals surface area contributed by atoms with Crippen LogP contribution in [-0.2, 0) is 6.54 Å². The molecule has 2 aliphatic carbocycles. The van der Waals surface area contributed by atoms with Crippen molar-refractivity contribution in [2.45, 2.75) is 38.3 Å². The maximum atomic E-state index is 14.2. The average Bonchev–Trinajstić information content (AvgIpc) is 3.38. The highest BCUT2D eigenvalue weighted by Gasteiger charge is 2.40. The molecule has 3 aromatic rings. The first-order valence-electron chi connectivity index (χ1n) is 9.30. The Labute approximate surface area is 155 Å². The van der Waals surface area contributed by atoms with Crippen molar-refractivity contribution < 1.29 is 9.18 Å². The Morgan fingerprint density at radius 3 is 2.88 bits per heavy atom. The fraction of sp³-hybridized carbons (Fsp3) is 0.381. The molecule has 0 aliphatic heterocycles. The van der Waals surface area contributed by atoms with Crippen LogP contribution in [0.1, 0.15) is 41.7 Å². The van der Waals surface area contributed by atoms with Crippen LogP contribution in [-0.4, -0.2) is 16.5 Å². The lowest BCUT2D eigenvalue weighted by atomic mass is 9.95. The van der Waals surface area contributed by atoms with Crippen LogP contribution >= 0.6 is 11.3 Å². The molecule has 2 aliphatic rings. The van der Waals surface area contributed by atoms with Gasteiger partial charge in [-0.1, -0.05) is 24.6 Å². The monoisotopic (exact) mass is 368 g/mol. The number of hydrogen-bond donors (Lipinski definition) is 1. The molecule has 2 bridgehead atoms. The van der Waals surface area contributed by atoms with Gasteiger partial charge in [-0.3, -0.25) is 4.79 Å². The number of nitrogens with one attached hydrogen (secondary N) is 1. The molecule has 1 N–H and O–H groups in total. The minimum Gasteiger partial charge on any atom is -0.348 e. The third-order valence-corrected chi connectivity index (χ3v) is 7.03. The Hall–Kier alpha value is -2.14. The first-order chi connectivity index (χ1) is 12.7. The Morgan fingerprint density at radius 1 is 1.23 bits per heavy atom. The number of carbonyl (C=O) groups excluding carboxylic acids is 1. The normalized spacial score (nSPS) is 24.4. The highest BCUT2D eigenvalue weighted by atomic mass is 32.1. The Kier molecular flexibility index (Phi) is 3.85. The van der Waals surface area contributed by atoms with Crippen LogP contribution in [0.5, 0.6) is 0 Å². The first kappa shape index (κ1) is 16.1. The summed E-state index contributed by atoms with van der Waals surface area (Å²) in [5, 5.41) is 6.33. The lowest BCUT2D eigenvalue weighted by Crippen LogP contribution is -2.39. The topological polar surface area (TPSA) is 34.0 Å². The molecule has 0 saturated heterocycles. The zero-order valence-corrected chi connectivity index (χ0v) is 15.3. The number of benzene rings is 1. The van der Waals surface area contributed by atoms with Gasteiger partial charge in [0.15, 0.2) is 0 Å². The second-order valence-electron chi connectivity index (χ2n) is 7.64. The van der Waals surface area contributed by atoms with Crippen molar-refractivity contribution in [2.75, 3.05) is 0 Å². The van der Waals surface area contributed by atoms with Crippen molar-refractivity contribution in [3.05, 3.63) is 58.9 Å². The van der Waals surface area contributed by atoms with Crippen LogP contribution in [0.2, 0.25) is 0 Å². The van der Waals surface area contributed by atoms with Crippen molar-refractivity contribution in [1.82, 2.24) is 9.88 Å². The maximum Gasteiger partial charge on any atom is 0.268 e. The van der Waals surface area contributed by atoms with E-state index in [0.717, 1.165) is 22.6 Å². The van der Waals surface area contributed by atoms with Crippen LogP contribution in [0.25, 0.3) is 10.2 Å². The van der Waals surface area contributed by atoms with Gasteiger partial charge in [-0.15, -0.1) is 11.3 Å². The van der Waals surface area contributed by atoms with Crippen LogP contribution < -0.4 is 5.32 Å². The van der Waals surface area contributed by atoms with Gasteiger partial charge in [0, 0.05) is 17.0 Å². The van der Waals surface area contributed by atoms with Crippen LogP contribution in [0.15, 0.2) is 41.8 Å². The number of rotatable bonds is 4. The standard InChI is InChI=1S/C21H21FN2OS/c22-17-4-2-1-3-16(17)12-24-19(11-15-7-8-26-21(15)24)20(25)23-18-10-13-5-6-14(18)9-13/h1-4,7-8,11,13-14,18H,5-6,9-10,12H2,(H,23,25)/t13-,14-,18+/m1/s1. The van der Waals surface area contributed by atoms with E-state index in [1.54, 1.807) is 23.5 Å². The summed E-state index contributed by atoms with van der Waals surface area (Å²) in [6.45, 7) is 0.371. The fourth-order valence-electron chi connectivity index (χ4n) is 4.78. The molecule has 3 atom stereocenters. The van der Waals surface area contributed by atoms with Gasteiger partial charge in [0.25, 0.3) is 5.91 Å². The largest absolute Gasteiger partial charge is 0.348 e. The molecule has 3 nitrogen and oxygen atoms in total. The third-order valence-electron chi connectivity index (χ3n) is 6.08. The lowest BCUT2D eigenvalue weighted by molar-refractivity contribution is 0.0914. The zero-order chi connectivity index (χ0) is 17.7. The van der Waals surface area contributed by atoms with E-state index < -0.39 is 0 Å². The third kappa shape index (κ3) is 2.65. The second kappa shape index (κ2) is 6.23. The minimum absolute atomic E-state index is 0.0257. The molecule has 0 radical (unpaired) electrons. The molecular formula is C21H21FN2OS. The number of aromatic nitrogens is 1. The van der Waals surface area contributed by atoms with Crippen LogP contribution in [0, 0.1) is 17.7 Å². The molecule has 2 fully saturated rings. The van der Waals surface area contributed by atoms with Crippen molar-refractivity contribution in [2.24, 2.45) is 11.8 Å². The van der Waals surface area contributed by atoms with Gasteiger partial charge >= 0.3 is 0 Å². The summed E-state index contributed by atoms with van der Waals surface area (Å²) >= 11 is 1.59. The number of carbonyl (C=O) groups is 1. The molecule has 2 aromatic heterocycles. The molecule has 1 amide bonds. The highest BCUT2D eigenvalue weighted by Crippen LogP contribution is 2.44. The summed E-state index contributed by atoms with van der Waals surface area (Å²) in [7, 11) is 0. The Morgan fingerprint density at radius 2 is 2.12 bits per heavy atom. The minimum atomic E-state index is -0.231. The molecule has 26 heavy (non-hydrogen) atoms. The second-order valence-corrected chi connectivity index (χ2v) is 8.54. The highest BCUT2D eigenvalue weighted by molar-refractivity contribution is 7.16. The number of fused-ring (bicyclic) bond motifs is 3. The molecule has 1 aromatic carbocycles. The van der Waals surface area contributed by atoms with Crippen molar-refractivity contribution >= 4 is 27.5 Å². The van der Waals surface area contributed by atoms with Gasteiger partial charge in [0.1, 0.15) is 16.3 Å². The van der Waals surface area contributed by atoms with Gasteiger partial charge in [0.05, 0.1) is 6.54 Å². The molecule has 134 valence electrons. The molecular weight excluding hydrogens is 347 g/mol. The molecule has 2 heterocycles. The van der Waals surface area contributed by atoms with Gasteiger partial charge < -0.3 is 9.88 Å².